The van der Waals surface area contributed by atoms with Crippen LogP contribution in [-0.2, 0) is 4.79 Å². The second kappa shape index (κ2) is 8.46. The molecule has 1 atom stereocenters. The maximum Gasteiger partial charge on any atom is 0.305 e. The molecule has 0 spiro atoms. The monoisotopic (exact) mass is 370 g/mol. The fraction of sp³-hybridized carbons (Fsp3) is 0.158. The van der Waals surface area contributed by atoms with E-state index in [-0.39, 0.29) is 24.3 Å². The SMILES string of the molecule is Cc1ccc([C@@H]([NH2+]CC(=O)NNC(=O)c2ccco2)c2cccs2)cc1. The zero-order valence-electron chi connectivity index (χ0n) is 14.3. The normalized spacial score (nSPS) is 11.7. The predicted octanol–water partition coefficient (Wildman–Crippen LogP) is 1.76. The first-order chi connectivity index (χ1) is 12.6. The number of benzene rings is 1. The molecule has 0 radical (unpaired) electrons. The molecule has 26 heavy (non-hydrogen) atoms. The Hall–Kier alpha value is -2.90. The highest BCUT2D eigenvalue weighted by atomic mass is 32.1. The van der Waals surface area contributed by atoms with Gasteiger partial charge in [0, 0.05) is 5.56 Å². The van der Waals surface area contributed by atoms with Crippen molar-refractivity contribution in [3.63, 3.8) is 0 Å². The molecule has 0 bridgehead atoms. The van der Waals surface area contributed by atoms with Crippen LogP contribution in [0.1, 0.15) is 32.6 Å². The molecule has 0 fully saturated rings. The van der Waals surface area contributed by atoms with Gasteiger partial charge in [0.2, 0.25) is 0 Å². The maximum absolute atomic E-state index is 12.1. The van der Waals surface area contributed by atoms with E-state index in [9.17, 15) is 9.59 Å². The van der Waals surface area contributed by atoms with Crippen molar-refractivity contribution in [2.45, 2.75) is 13.0 Å². The van der Waals surface area contributed by atoms with Gasteiger partial charge in [-0.3, -0.25) is 20.4 Å². The number of furan rings is 1. The first-order valence-corrected chi connectivity index (χ1v) is 9.07. The summed E-state index contributed by atoms with van der Waals surface area (Å²) in [5.41, 5.74) is 7.07. The molecule has 0 aliphatic heterocycles. The highest BCUT2D eigenvalue weighted by molar-refractivity contribution is 7.10. The average molecular weight is 370 g/mol. The van der Waals surface area contributed by atoms with Crippen molar-refractivity contribution in [2.75, 3.05) is 6.54 Å². The molecule has 3 aromatic rings. The lowest BCUT2D eigenvalue weighted by atomic mass is 10.0. The number of hydrazine groups is 1. The summed E-state index contributed by atoms with van der Waals surface area (Å²) in [4.78, 5) is 25.0. The van der Waals surface area contributed by atoms with Crippen molar-refractivity contribution in [3.05, 3.63) is 81.9 Å². The van der Waals surface area contributed by atoms with E-state index in [2.05, 4.69) is 41.2 Å². The molecular formula is C19H20N3O3S+. The molecule has 4 N–H and O–H groups in total. The number of nitrogens with one attached hydrogen (secondary N) is 2. The minimum atomic E-state index is -0.489. The van der Waals surface area contributed by atoms with Crippen LogP contribution >= 0.6 is 11.3 Å². The minimum Gasteiger partial charge on any atom is -0.459 e. The Morgan fingerprint density at radius 2 is 1.92 bits per heavy atom. The molecule has 1 aromatic carbocycles. The first-order valence-electron chi connectivity index (χ1n) is 8.19. The second-order valence-electron chi connectivity index (χ2n) is 5.82. The van der Waals surface area contributed by atoms with Crippen LogP contribution in [0.25, 0.3) is 0 Å². The van der Waals surface area contributed by atoms with Crippen LogP contribution in [0.2, 0.25) is 0 Å². The van der Waals surface area contributed by atoms with E-state index in [1.165, 1.54) is 22.8 Å². The van der Waals surface area contributed by atoms with Gasteiger partial charge in [-0.25, -0.2) is 0 Å². The van der Waals surface area contributed by atoms with Gasteiger partial charge in [0.25, 0.3) is 5.91 Å². The molecule has 2 amide bonds. The largest absolute Gasteiger partial charge is 0.459 e. The fourth-order valence-electron chi connectivity index (χ4n) is 2.53. The third-order valence-electron chi connectivity index (χ3n) is 3.89. The summed E-state index contributed by atoms with van der Waals surface area (Å²) >= 11 is 1.65. The zero-order valence-corrected chi connectivity index (χ0v) is 15.1. The van der Waals surface area contributed by atoms with E-state index in [0.29, 0.717) is 0 Å². The lowest BCUT2D eigenvalue weighted by Crippen LogP contribution is -2.88. The van der Waals surface area contributed by atoms with Crippen molar-refractivity contribution in [1.29, 1.82) is 0 Å². The smallest absolute Gasteiger partial charge is 0.305 e. The lowest BCUT2D eigenvalue weighted by molar-refractivity contribution is -0.676. The molecule has 134 valence electrons. The summed E-state index contributed by atoms with van der Waals surface area (Å²) in [6.07, 6.45) is 1.40. The highest BCUT2D eigenvalue weighted by Gasteiger charge is 2.20. The summed E-state index contributed by atoms with van der Waals surface area (Å²) in [6.45, 7) is 2.22. The van der Waals surface area contributed by atoms with Crippen LogP contribution in [0.15, 0.2) is 64.6 Å². The molecular weight excluding hydrogens is 350 g/mol. The van der Waals surface area contributed by atoms with Gasteiger partial charge in [0.15, 0.2) is 12.3 Å². The Kier molecular flexibility index (Phi) is 5.83. The number of thiophene rings is 1. The van der Waals surface area contributed by atoms with Crippen LogP contribution in [0.3, 0.4) is 0 Å². The molecule has 3 rings (SSSR count). The van der Waals surface area contributed by atoms with Crippen molar-refractivity contribution in [2.24, 2.45) is 0 Å². The van der Waals surface area contributed by atoms with Gasteiger partial charge < -0.3 is 9.73 Å². The molecule has 0 aliphatic rings. The molecule has 0 saturated heterocycles. The summed E-state index contributed by atoms with van der Waals surface area (Å²) in [5.74, 6) is -0.638. The summed E-state index contributed by atoms with van der Waals surface area (Å²) < 4.78 is 4.97. The zero-order chi connectivity index (χ0) is 18.4. The van der Waals surface area contributed by atoms with E-state index in [1.807, 2.05) is 23.7 Å². The van der Waals surface area contributed by atoms with Gasteiger partial charge in [0.1, 0.15) is 6.04 Å². The van der Waals surface area contributed by atoms with Crippen molar-refractivity contribution in [3.8, 4) is 0 Å². The van der Waals surface area contributed by atoms with Gasteiger partial charge in [-0.1, -0.05) is 35.9 Å². The Balaban J connectivity index is 1.58. The number of carbonyl (C=O) groups excluding carboxylic acids is 2. The predicted molar refractivity (Wildman–Crippen MR) is 98.5 cm³/mol. The maximum atomic E-state index is 12.1. The number of nitrogens with two attached hydrogens (primary N) is 1. The van der Waals surface area contributed by atoms with Crippen molar-refractivity contribution >= 4 is 23.2 Å². The van der Waals surface area contributed by atoms with E-state index < -0.39 is 5.91 Å². The van der Waals surface area contributed by atoms with Crippen LogP contribution in [0.4, 0.5) is 0 Å². The van der Waals surface area contributed by atoms with E-state index in [1.54, 1.807) is 17.4 Å². The quantitative estimate of drug-likeness (QED) is 0.578. The molecule has 6 nitrogen and oxygen atoms in total. The average Bonchev–Trinajstić information content (AvgIpc) is 3.35. The topological polar surface area (TPSA) is 88.0 Å². The number of hydrogen-bond acceptors (Lipinski definition) is 4. The lowest BCUT2D eigenvalue weighted by Gasteiger charge is -2.15. The van der Waals surface area contributed by atoms with Gasteiger partial charge in [-0.2, -0.15) is 0 Å². The van der Waals surface area contributed by atoms with Gasteiger partial charge in [-0.15, -0.1) is 11.3 Å². The number of carbonyl (C=O) groups is 2. The van der Waals surface area contributed by atoms with Crippen molar-refractivity contribution < 1.29 is 19.3 Å². The van der Waals surface area contributed by atoms with Crippen molar-refractivity contribution in [1.82, 2.24) is 10.9 Å². The van der Waals surface area contributed by atoms with E-state index >= 15 is 0 Å². The molecule has 2 aromatic heterocycles. The summed E-state index contributed by atoms with van der Waals surface area (Å²) in [7, 11) is 0. The van der Waals surface area contributed by atoms with E-state index in [4.69, 9.17) is 4.42 Å². The third kappa shape index (κ3) is 4.59. The minimum absolute atomic E-state index is 0.0297. The van der Waals surface area contributed by atoms with Gasteiger partial charge >= 0.3 is 5.91 Å². The number of hydrogen-bond donors (Lipinski definition) is 3. The number of rotatable bonds is 6. The van der Waals surface area contributed by atoms with Crippen LogP contribution in [-0.4, -0.2) is 18.4 Å². The van der Waals surface area contributed by atoms with Gasteiger partial charge in [0.05, 0.1) is 11.1 Å². The fourth-order valence-corrected chi connectivity index (χ4v) is 3.38. The van der Waals surface area contributed by atoms with E-state index in [0.717, 1.165) is 5.56 Å². The number of aryl methyl sites for hydroxylation is 1. The highest BCUT2D eigenvalue weighted by Crippen LogP contribution is 2.22. The van der Waals surface area contributed by atoms with Crippen LogP contribution in [0, 0.1) is 6.92 Å². The molecule has 0 saturated carbocycles. The Labute approximate surface area is 155 Å². The molecule has 0 aliphatic carbocycles. The number of amides is 2. The Morgan fingerprint density at radius 1 is 1.12 bits per heavy atom. The Bertz CT molecular complexity index is 843. The standard InChI is InChI=1S/C19H19N3O3S/c1-13-6-8-14(9-7-13)18(16-5-3-11-26-16)20-12-17(23)21-22-19(24)15-4-2-10-25-15/h2-11,18,20H,12H2,1H3,(H,21,23)(H,22,24)/p+1/t18-/m1/s1. The first kappa shape index (κ1) is 17.9. The molecule has 7 heteroatoms. The third-order valence-corrected chi connectivity index (χ3v) is 4.84. The van der Waals surface area contributed by atoms with Crippen LogP contribution in [0.5, 0.6) is 0 Å². The van der Waals surface area contributed by atoms with Crippen LogP contribution < -0.4 is 16.2 Å². The summed E-state index contributed by atoms with van der Waals surface area (Å²) in [6, 6.07) is 15.5. The second-order valence-corrected chi connectivity index (χ2v) is 6.80. The molecule has 2 heterocycles. The number of quaternary nitrogens is 1. The molecule has 0 unspecified atom stereocenters. The summed E-state index contributed by atoms with van der Waals surface area (Å²) in [5, 5.41) is 3.97. The van der Waals surface area contributed by atoms with Gasteiger partial charge in [-0.05, 0) is 30.5 Å². The Morgan fingerprint density at radius 3 is 2.58 bits per heavy atom.